The van der Waals surface area contributed by atoms with Gasteiger partial charge in [-0.2, -0.15) is 0 Å². The van der Waals surface area contributed by atoms with Gasteiger partial charge in [0.15, 0.2) is 0 Å². The van der Waals surface area contributed by atoms with Crippen LogP contribution in [-0.4, -0.2) is 48.0 Å². The van der Waals surface area contributed by atoms with Crippen molar-refractivity contribution in [3.05, 3.63) is 84.1 Å². The molecule has 4 N–H and O–H groups in total. The van der Waals surface area contributed by atoms with Crippen LogP contribution in [0.15, 0.2) is 72.9 Å². The first kappa shape index (κ1) is 29.7. The molecule has 3 amide bonds. The normalized spacial score (nSPS) is 12.7. The minimum atomic E-state index is -1.12. The maximum atomic E-state index is 13.6. The number of carbonyl (C=O) groups is 2. The summed E-state index contributed by atoms with van der Waals surface area (Å²) in [6.45, 7) is 8.36. The summed E-state index contributed by atoms with van der Waals surface area (Å²) in [6, 6.07) is 20.8. The summed E-state index contributed by atoms with van der Waals surface area (Å²) in [5.41, 5.74) is 4.62. The van der Waals surface area contributed by atoms with Gasteiger partial charge in [0.05, 0.1) is 11.7 Å². The molecule has 0 aliphatic carbocycles. The second-order valence-electron chi connectivity index (χ2n) is 10.5. The lowest BCUT2D eigenvalue weighted by Gasteiger charge is -2.23. The number of nitrogens with one attached hydrogen (secondary N) is 3. The predicted molar refractivity (Wildman–Crippen MR) is 165 cm³/mol. The highest BCUT2D eigenvalue weighted by Crippen LogP contribution is 2.31. The van der Waals surface area contributed by atoms with Crippen LogP contribution in [0.3, 0.4) is 0 Å². The largest absolute Gasteiger partial charge is 0.490 e. The van der Waals surface area contributed by atoms with Gasteiger partial charge in [-0.05, 0) is 67.3 Å². The standard InChI is InChI=1S/C33H40N4O4/c1-6-7-17-37(33(40)34-5)25-12-10-11-23(18-25)24-15-16-30(41-21(2)3)27(19-24)32(39)36-31(38)22(4)28-20-35-29-14-9-8-13-26(28)29/h8-16,18-22,31,35,38H,6-7,17H2,1-5H3,(H,34,40)(H,36,39)/t22?,31-/m1/s1. The molecule has 0 bridgehead atoms. The van der Waals surface area contributed by atoms with Crippen LogP contribution in [0, 0.1) is 0 Å². The number of benzene rings is 3. The van der Waals surface area contributed by atoms with E-state index in [-0.39, 0.29) is 18.1 Å². The molecule has 0 saturated heterocycles. The summed E-state index contributed by atoms with van der Waals surface area (Å²) in [4.78, 5) is 31.1. The third-order valence-corrected chi connectivity index (χ3v) is 7.14. The number of aliphatic hydroxyl groups excluding tert-OH is 1. The zero-order chi connectivity index (χ0) is 29.5. The lowest BCUT2D eigenvalue weighted by atomic mass is 9.98. The first-order valence-corrected chi connectivity index (χ1v) is 14.2. The molecule has 4 aromatic rings. The van der Waals surface area contributed by atoms with Gasteiger partial charge in [0.25, 0.3) is 5.91 Å². The Bertz CT molecular complexity index is 1500. The lowest BCUT2D eigenvalue weighted by Crippen LogP contribution is -2.38. The third kappa shape index (κ3) is 6.89. The molecular formula is C33H40N4O4. The molecule has 0 fully saturated rings. The zero-order valence-corrected chi connectivity index (χ0v) is 24.4. The number of aromatic nitrogens is 1. The Labute approximate surface area is 241 Å². The average molecular weight is 557 g/mol. The number of rotatable bonds is 11. The highest BCUT2D eigenvalue weighted by Gasteiger charge is 2.24. The number of urea groups is 1. The summed E-state index contributed by atoms with van der Waals surface area (Å²) in [5, 5.41) is 17.6. The minimum Gasteiger partial charge on any atom is -0.490 e. The van der Waals surface area contributed by atoms with E-state index >= 15 is 0 Å². The average Bonchev–Trinajstić information content (AvgIpc) is 3.41. The van der Waals surface area contributed by atoms with Gasteiger partial charge in [-0.1, -0.05) is 56.7 Å². The highest BCUT2D eigenvalue weighted by molar-refractivity contribution is 5.99. The molecule has 2 atom stereocenters. The number of amides is 3. The molecule has 0 radical (unpaired) electrons. The number of hydrogen-bond donors (Lipinski definition) is 4. The van der Waals surface area contributed by atoms with Crippen molar-refractivity contribution in [3.63, 3.8) is 0 Å². The van der Waals surface area contributed by atoms with Crippen molar-refractivity contribution in [2.75, 3.05) is 18.5 Å². The number of carbonyl (C=O) groups excluding carboxylic acids is 2. The number of anilines is 1. The lowest BCUT2D eigenvalue weighted by molar-refractivity contribution is 0.0723. The van der Waals surface area contributed by atoms with Gasteiger partial charge in [0, 0.05) is 42.3 Å². The van der Waals surface area contributed by atoms with Gasteiger partial charge in [-0.25, -0.2) is 4.79 Å². The van der Waals surface area contributed by atoms with Crippen LogP contribution in [0.25, 0.3) is 22.0 Å². The van der Waals surface area contributed by atoms with Crippen molar-refractivity contribution in [2.45, 2.75) is 58.8 Å². The quantitative estimate of drug-likeness (QED) is 0.160. The van der Waals surface area contributed by atoms with Crippen molar-refractivity contribution >= 4 is 28.5 Å². The van der Waals surface area contributed by atoms with Crippen LogP contribution in [0.4, 0.5) is 10.5 Å². The Morgan fingerprint density at radius 2 is 1.76 bits per heavy atom. The molecule has 8 heteroatoms. The number of fused-ring (bicyclic) bond motifs is 1. The van der Waals surface area contributed by atoms with Crippen molar-refractivity contribution in [3.8, 4) is 16.9 Å². The number of para-hydroxylation sites is 1. The van der Waals surface area contributed by atoms with Crippen LogP contribution in [-0.2, 0) is 0 Å². The van der Waals surface area contributed by atoms with Crippen molar-refractivity contribution in [1.29, 1.82) is 0 Å². The van der Waals surface area contributed by atoms with E-state index in [2.05, 4.69) is 22.5 Å². The molecule has 8 nitrogen and oxygen atoms in total. The Morgan fingerprint density at radius 3 is 2.49 bits per heavy atom. The molecule has 4 rings (SSSR count). The van der Waals surface area contributed by atoms with Crippen LogP contribution < -0.4 is 20.3 Å². The van der Waals surface area contributed by atoms with E-state index in [0.717, 1.165) is 46.1 Å². The van der Waals surface area contributed by atoms with Gasteiger partial charge in [-0.15, -0.1) is 0 Å². The van der Waals surface area contributed by atoms with Gasteiger partial charge in [0.2, 0.25) is 0 Å². The van der Waals surface area contributed by atoms with Crippen LogP contribution in [0.2, 0.25) is 0 Å². The van der Waals surface area contributed by atoms with E-state index in [0.29, 0.717) is 17.9 Å². The van der Waals surface area contributed by atoms with E-state index in [1.807, 2.05) is 81.6 Å². The Hall–Kier alpha value is -4.30. The monoisotopic (exact) mass is 556 g/mol. The first-order valence-electron chi connectivity index (χ1n) is 14.2. The van der Waals surface area contributed by atoms with Gasteiger partial charge >= 0.3 is 6.03 Å². The molecule has 0 aliphatic rings. The topological polar surface area (TPSA) is 107 Å². The molecular weight excluding hydrogens is 516 g/mol. The van der Waals surface area contributed by atoms with Gasteiger partial charge in [0.1, 0.15) is 12.0 Å². The van der Waals surface area contributed by atoms with Crippen molar-refractivity contribution in [1.82, 2.24) is 15.6 Å². The predicted octanol–water partition coefficient (Wildman–Crippen LogP) is 6.42. The van der Waals surface area contributed by atoms with Crippen molar-refractivity contribution < 1.29 is 19.4 Å². The summed E-state index contributed by atoms with van der Waals surface area (Å²) in [5.74, 6) is -0.365. The number of nitrogens with zero attached hydrogens (tertiary/aromatic N) is 1. The molecule has 0 aliphatic heterocycles. The van der Waals surface area contributed by atoms with Crippen molar-refractivity contribution in [2.24, 2.45) is 0 Å². The molecule has 3 aromatic carbocycles. The molecule has 1 unspecified atom stereocenters. The van der Waals surface area contributed by atoms with E-state index in [4.69, 9.17) is 4.74 Å². The molecule has 216 valence electrons. The van der Waals surface area contributed by atoms with E-state index in [9.17, 15) is 14.7 Å². The number of H-pyrrole nitrogens is 1. The summed E-state index contributed by atoms with van der Waals surface area (Å²) < 4.78 is 5.97. The zero-order valence-electron chi connectivity index (χ0n) is 24.4. The molecule has 1 heterocycles. The van der Waals surface area contributed by atoms with Crippen LogP contribution in [0.5, 0.6) is 5.75 Å². The maximum Gasteiger partial charge on any atom is 0.321 e. The number of aliphatic hydroxyl groups is 1. The fraction of sp³-hybridized carbons (Fsp3) is 0.333. The first-order chi connectivity index (χ1) is 19.7. The second-order valence-corrected chi connectivity index (χ2v) is 10.5. The van der Waals surface area contributed by atoms with Crippen LogP contribution >= 0.6 is 0 Å². The fourth-order valence-electron chi connectivity index (χ4n) is 4.87. The third-order valence-electron chi connectivity index (χ3n) is 7.14. The van der Waals surface area contributed by atoms with Crippen LogP contribution in [0.1, 0.15) is 62.4 Å². The highest BCUT2D eigenvalue weighted by atomic mass is 16.5. The molecule has 1 aromatic heterocycles. The van der Waals surface area contributed by atoms with Gasteiger partial charge < -0.3 is 25.5 Å². The number of hydrogen-bond acceptors (Lipinski definition) is 4. The van der Waals surface area contributed by atoms with Gasteiger partial charge in [-0.3, -0.25) is 9.69 Å². The smallest absolute Gasteiger partial charge is 0.321 e. The molecule has 0 saturated carbocycles. The summed E-state index contributed by atoms with van der Waals surface area (Å²) in [6.07, 6.45) is 2.44. The Morgan fingerprint density at radius 1 is 1.00 bits per heavy atom. The SMILES string of the molecule is CCCCN(C(=O)NC)c1cccc(-c2ccc(OC(C)C)c(C(=O)N[C@H](O)C(C)c3c[nH]c4ccccc34)c2)c1. The fourth-order valence-corrected chi connectivity index (χ4v) is 4.87. The van der Waals surface area contributed by atoms with E-state index < -0.39 is 12.1 Å². The summed E-state index contributed by atoms with van der Waals surface area (Å²) in [7, 11) is 1.62. The maximum absolute atomic E-state index is 13.6. The number of ether oxygens (including phenoxy) is 1. The Kier molecular flexibility index (Phi) is 9.68. The Balaban J connectivity index is 1.63. The van der Waals surface area contributed by atoms with E-state index in [1.54, 1.807) is 24.1 Å². The molecule has 0 spiro atoms. The molecule has 41 heavy (non-hydrogen) atoms. The number of aromatic amines is 1. The van der Waals surface area contributed by atoms with E-state index in [1.165, 1.54) is 0 Å². The minimum absolute atomic E-state index is 0.148. The summed E-state index contributed by atoms with van der Waals surface area (Å²) >= 11 is 0. The second kappa shape index (κ2) is 13.4. The number of unbranched alkanes of at least 4 members (excludes halogenated alkanes) is 1.